The van der Waals surface area contributed by atoms with Gasteiger partial charge in [0.05, 0.1) is 6.54 Å². The SMILES string of the molecule is CCC1CN(CC(=O)N2CCCCCC2)CCC1NC. The van der Waals surface area contributed by atoms with Gasteiger partial charge in [-0.2, -0.15) is 0 Å². The van der Waals surface area contributed by atoms with Gasteiger partial charge in [-0.25, -0.2) is 0 Å². The molecule has 0 aliphatic carbocycles. The minimum atomic E-state index is 0.352. The van der Waals surface area contributed by atoms with E-state index in [2.05, 4.69) is 29.1 Å². The molecule has 20 heavy (non-hydrogen) atoms. The van der Waals surface area contributed by atoms with Gasteiger partial charge in [0.15, 0.2) is 0 Å². The molecule has 2 aliphatic heterocycles. The molecule has 116 valence electrons. The van der Waals surface area contributed by atoms with Crippen LogP contribution in [0.15, 0.2) is 0 Å². The van der Waals surface area contributed by atoms with E-state index in [1.807, 2.05) is 0 Å². The quantitative estimate of drug-likeness (QED) is 0.852. The zero-order valence-electron chi connectivity index (χ0n) is 13.2. The number of nitrogens with one attached hydrogen (secondary N) is 1. The highest BCUT2D eigenvalue weighted by Gasteiger charge is 2.28. The molecule has 4 heteroatoms. The highest BCUT2D eigenvalue weighted by Crippen LogP contribution is 2.20. The number of likely N-dealkylation sites (tertiary alicyclic amines) is 2. The predicted octanol–water partition coefficient (Wildman–Crippen LogP) is 1.71. The Bertz CT molecular complexity index is 300. The maximum atomic E-state index is 12.4. The Labute approximate surface area is 123 Å². The third kappa shape index (κ3) is 4.19. The maximum Gasteiger partial charge on any atom is 0.236 e. The molecule has 0 bridgehead atoms. The van der Waals surface area contributed by atoms with Gasteiger partial charge in [0.2, 0.25) is 5.91 Å². The van der Waals surface area contributed by atoms with Gasteiger partial charge in [-0.3, -0.25) is 9.69 Å². The van der Waals surface area contributed by atoms with Gasteiger partial charge in [-0.05, 0) is 32.2 Å². The first-order chi connectivity index (χ1) is 9.74. The topological polar surface area (TPSA) is 35.6 Å². The molecule has 2 atom stereocenters. The number of rotatable bonds is 4. The van der Waals surface area contributed by atoms with Crippen LogP contribution in [0, 0.1) is 5.92 Å². The summed E-state index contributed by atoms with van der Waals surface area (Å²) in [5.74, 6) is 1.04. The smallest absolute Gasteiger partial charge is 0.236 e. The number of nitrogens with zero attached hydrogens (tertiary/aromatic N) is 2. The third-order valence-corrected chi connectivity index (χ3v) is 5.03. The summed E-state index contributed by atoms with van der Waals surface area (Å²) in [6.07, 6.45) is 7.31. The number of amides is 1. The van der Waals surface area contributed by atoms with Crippen molar-refractivity contribution in [2.45, 2.75) is 51.5 Å². The minimum Gasteiger partial charge on any atom is -0.342 e. The van der Waals surface area contributed by atoms with Crippen molar-refractivity contribution in [3.05, 3.63) is 0 Å². The lowest BCUT2D eigenvalue weighted by Gasteiger charge is -2.38. The summed E-state index contributed by atoms with van der Waals surface area (Å²) < 4.78 is 0. The Balaban J connectivity index is 1.81. The molecule has 0 saturated carbocycles. The average Bonchev–Trinajstić information content (AvgIpc) is 2.76. The summed E-state index contributed by atoms with van der Waals surface area (Å²) in [7, 11) is 2.06. The fourth-order valence-electron chi connectivity index (χ4n) is 3.66. The van der Waals surface area contributed by atoms with E-state index in [1.165, 1.54) is 38.5 Å². The Morgan fingerprint density at radius 2 is 1.85 bits per heavy atom. The van der Waals surface area contributed by atoms with E-state index in [-0.39, 0.29) is 0 Å². The van der Waals surface area contributed by atoms with E-state index in [4.69, 9.17) is 0 Å². The lowest BCUT2D eigenvalue weighted by atomic mass is 9.90. The van der Waals surface area contributed by atoms with Crippen LogP contribution in [0.2, 0.25) is 0 Å². The van der Waals surface area contributed by atoms with Crippen LogP contribution < -0.4 is 5.32 Å². The standard InChI is InChI=1S/C16H31N3O/c1-3-14-12-18(11-8-15(14)17-2)13-16(20)19-9-6-4-5-7-10-19/h14-15,17H,3-13H2,1-2H3. The first kappa shape index (κ1) is 15.8. The van der Waals surface area contributed by atoms with E-state index in [0.29, 0.717) is 24.4 Å². The van der Waals surface area contributed by atoms with Gasteiger partial charge in [0, 0.05) is 32.2 Å². The Morgan fingerprint density at radius 3 is 2.45 bits per heavy atom. The maximum absolute atomic E-state index is 12.4. The summed E-state index contributed by atoms with van der Waals surface area (Å²) >= 11 is 0. The van der Waals surface area contributed by atoms with Crippen molar-refractivity contribution in [1.82, 2.24) is 15.1 Å². The summed E-state index contributed by atoms with van der Waals surface area (Å²) in [4.78, 5) is 16.9. The van der Waals surface area contributed by atoms with Gasteiger partial charge >= 0.3 is 0 Å². The minimum absolute atomic E-state index is 0.352. The molecule has 1 amide bonds. The van der Waals surface area contributed by atoms with E-state index in [1.54, 1.807) is 0 Å². The van der Waals surface area contributed by atoms with Crippen LogP contribution in [0.25, 0.3) is 0 Å². The first-order valence-corrected chi connectivity index (χ1v) is 8.42. The molecule has 0 aromatic heterocycles. The van der Waals surface area contributed by atoms with E-state index in [9.17, 15) is 4.79 Å². The van der Waals surface area contributed by atoms with Crippen molar-refractivity contribution < 1.29 is 4.79 Å². The molecule has 0 radical (unpaired) electrons. The average molecular weight is 281 g/mol. The Hall–Kier alpha value is -0.610. The summed E-state index contributed by atoms with van der Waals surface area (Å²) in [6, 6.07) is 0.629. The number of hydrogen-bond acceptors (Lipinski definition) is 3. The summed E-state index contributed by atoms with van der Waals surface area (Å²) in [6.45, 7) is 6.97. The summed E-state index contributed by atoms with van der Waals surface area (Å²) in [5.41, 5.74) is 0. The molecular weight excluding hydrogens is 250 g/mol. The molecule has 2 saturated heterocycles. The van der Waals surface area contributed by atoms with Gasteiger partial charge in [0.1, 0.15) is 0 Å². The lowest BCUT2D eigenvalue weighted by Crippen LogP contribution is -2.51. The van der Waals surface area contributed by atoms with Crippen molar-refractivity contribution in [2.75, 3.05) is 39.8 Å². The van der Waals surface area contributed by atoms with Crippen LogP contribution in [-0.4, -0.2) is 61.5 Å². The van der Waals surface area contributed by atoms with Crippen LogP contribution in [-0.2, 0) is 4.79 Å². The predicted molar refractivity (Wildman–Crippen MR) is 82.7 cm³/mol. The van der Waals surface area contributed by atoms with Gasteiger partial charge < -0.3 is 10.2 Å². The van der Waals surface area contributed by atoms with Crippen molar-refractivity contribution >= 4 is 5.91 Å². The van der Waals surface area contributed by atoms with E-state index >= 15 is 0 Å². The van der Waals surface area contributed by atoms with Crippen LogP contribution in [0.4, 0.5) is 0 Å². The monoisotopic (exact) mass is 281 g/mol. The molecule has 2 unspecified atom stereocenters. The molecule has 2 fully saturated rings. The molecule has 2 aliphatic rings. The van der Waals surface area contributed by atoms with Gasteiger partial charge in [-0.15, -0.1) is 0 Å². The molecular formula is C16H31N3O. The molecule has 2 rings (SSSR count). The zero-order valence-corrected chi connectivity index (χ0v) is 13.2. The highest BCUT2D eigenvalue weighted by molar-refractivity contribution is 5.78. The number of carbonyl (C=O) groups excluding carboxylic acids is 1. The second-order valence-corrected chi connectivity index (χ2v) is 6.38. The largest absolute Gasteiger partial charge is 0.342 e. The molecule has 0 spiro atoms. The zero-order chi connectivity index (χ0) is 14.4. The second kappa shape index (κ2) is 7.99. The van der Waals surface area contributed by atoms with E-state index < -0.39 is 0 Å². The number of piperidine rings is 1. The van der Waals surface area contributed by atoms with Crippen LogP contribution >= 0.6 is 0 Å². The Kier molecular flexibility index (Phi) is 6.30. The first-order valence-electron chi connectivity index (χ1n) is 8.42. The van der Waals surface area contributed by atoms with Crippen molar-refractivity contribution in [3.63, 3.8) is 0 Å². The van der Waals surface area contributed by atoms with E-state index in [0.717, 1.165) is 26.2 Å². The van der Waals surface area contributed by atoms with Gasteiger partial charge in [0.25, 0.3) is 0 Å². The number of carbonyl (C=O) groups is 1. The highest BCUT2D eigenvalue weighted by atomic mass is 16.2. The van der Waals surface area contributed by atoms with Crippen LogP contribution in [0.3, 0.4) is 0 Å². The molecule has 4 nitrogen and oxygen atoms in total. The van der Waals surface area contributed by atoms with Gasteiger partial charge in [-0.1, -0.05) is 26.2 Å². The normalized spacial score (nSPS) is 29.2. The molecule has 2 heterocycles. The number of hydrogen-bond donors (Lipinski definition) is 1. The van der Waals surface area contributed by atoms with Crippen molar-refractivity contribution in [2.24, 2.45) is 5.92 Å². The van der Waals surface area contributed by atoms with Crippen molar-refractivity contribution in [3.8, 4) is 0 Å². The molecule has 0 aromatic carbocycles. The summed E-state index contributed by atoms with van der Waals surface area (Å²) in [5, 5.41) is 3.43. The fourth-order valence-corrected chi connectivity index (χ4v) is 3.66. The fraction of sp³-hybridized carbons (Fsp3) is 0.938. The Morgan fingerprint density at radius 1 is 1.15 bits per heavy atom. The third-order valence-electron chi connectivity index (χ3n) is 5.03. The van der Waals surface area contributed by atoms with Crippen LogP contribution in [0.5, 0.6) is 0 Å². The molecule has 0 aromatic rings. The lowest BCUT2D eigenvalue weighted by molar-refractivity contribution is -0.132. The molecule has 1 N–H and O–H groups in total. The second-order valence-electron chi connectivity index (χ2n) is 6.38. The van der Waals surface area contributed by atoms with Crippen LogP contribution in [0.1, 0.15) is 45.4 Å². The van der Waals surface area contributed by atoms with Crippen molar-refractivity contribution in [1.29, 1.82) is 0 Å².